The highest BCUT2D eigenvalue weighted by molar-refractivity contribution is 5.95. The molecule has 2 heterocycles. The summed E-state index contributed by atoms with van der Waals surface area (Å²) in [6.45, 7) is 7.95. The molecule has 0 bridgehead atoms. The van der Waals surface area contributed by atoms with Gasteiger partial charge >= 0.3 is 5.97 Å². The monoisotopic (exact) mass is 484 g/mol. The van der Waals surface area contributed by atoms with Crippen LogP contribution in [0.5, 0.6) is 11.5 Å². The second kappa shape index (κ2) is 12.0. The Morgan fingerprint density at radius 1 is 1.03 bits per heavy atom. The summed E-state index contributed by atoms with van der Waals surface area (Å²) >= 11 is 0. The van der Waals surface area contributed by atoms with Crippen molar-refractivity contribution in [3.8, 4) is 11.5 Å². The SMILES string of the molecule is CCOC(=O)c1ccc(N2CCN(C(=O)c3ccc(OCC(=O)NC(C)C)c(OC)c3)CC2)nc1. The Kier molecular flexibility index (Phi) is 8.88. The standard InChI is InChI=1S/C25H32N4O6/c1-5-34-25(32)19-7-9-22(26-15-19)28-10-12-29(13-11-28)24(31)18-6-8-20(21(14-18)33-4)35-16-23(30)27-17(2)3/h6-9,14-15,17H,5,10-13,16H2,1-4H3,(H,27,30). The number of carbonyl (C=O) groups excluding carboxylic acids is 3. The maximum absolute atomic E-state index is 13.1. The third-order valence-corrected chi connectivity index (χ3v) is 5.37. The molecule has 0 atom stereocenters. The first-order chi connectivity index (χ1) is 16.8. The van der Waals surface area contributed by atoms with Gasteiger partial charge in [-0.25, -0.2) is 9.78 Å². The van der Waals surface area contributed by atoms with Crippen molar-refractivity contribution < 1.29 is 28.6 Å². The van der Waals surface area contributed by atoms with Gasteiger partial charge < -0.3 is 29.3 Å². The number of ether oxygens (including phenoxy) is 3. The summed E-state index contributed by atoms with van der Waals surface area (Å²) in [7, 11) is 1.49. The minimum Gasteiger partial charge on any atom is -0.493 e. The lowest BCUT2D eigenvalue weighted by Gasteiger charge is -2.35. The molecule has 10 nitrogen and oxygen atoms in total. The number of piperazine rings is 1. The van der Waals surface area contributed by atoms with Crippen LogP contribution in [-0.4, -0.2) is 80.2 Å². The highest BCUT2D eigenvalue weighted by Crippen LogP contribution is 2.29. The zero-order valence-electron chi connectivity index (χ0n) is 20.6. The molecule has 1 aliphatic rings. The Bertz CT molecular complexity index is 1030. The first-order valence-corrected chi connectivity index (χ1v) is 11.6. The molecule has 1 saturated heterocycles. The number of methoxy groups -OCH3 is 1. The molecule has 0 spiro atoms. The fraction of sp³-hybridized carbons (Fsp3) is 0.440. The van der Waals surface area contributed by atoms with Crippen molar-refractivity contribution in [1.82, 2.24) is 15.2 Å². The lowest BCUT2D eigenvalue weighted by Crippen LogP contribution is -2.49. The zero-order valence-corrected chi connectivity index (χ0v) is 20.6. The van der Waals surface area contributed by atoms with Crippen LogP contribution in [0.2, 0.25) is 0 Å². The quantitative estimate of drug-likeness (QED) is 0.539. The van der Waals surface area contributed by atoms with Crippen LogP contribution in [-0.2, 0) is 9.53 Å². The fourth-order valence-corrected chi connectivity index (χ4v) is 3.66. The number of anilines is 1. The third kappa shape index (κ3) is 6.84. The summed E-state index contributed by atoms with van der Waals surface area (Å²) in [5.74, 6) is 0.785. The molecule has 188 valence electrons. The fourth-order valence-electron chi connectivity index (χ4n) is 3.66. The largest absolute Gasteiger partial charge is 0.493 e. The molecule has 1 aromatic heterocycles. The molecule has 35 heavy (non-hydrogen) atoms. The molecular formula is C25H32N4O6. The van der Waals surface area contributed by atoms with Crippen molar-refractivity contribution in [3.63, 3.8) is 0 Å². The van der Waals surface area contributed by atoms with Crippen molar-refractivity contribution in [2.24, 2.45) is 0 Å². The molecule has 10 heteroatoms. The second-order valence-electron chi connectivity index (χ2n) is 8.28. The van der Waals surface area contributed by atoms with Crippen LogP contribution in [0.4, 0.5) is 5.82 Å². The molecule has 0 unspecified atom stereocenters. The van der Waals surface area contributed by atoms with Crippen molar-refractivity contribution >= 4 is 23.6 Å². The Morgan fingerprint density at radius 3 is 2.34 bits per heavy atom. The average molecular weight is 485 g/mol. The maximum atomic E-state index is 13.1. The van der Waals surface area contributed by atoms with Gasteiger partial charge in [0, 0.05) is 44.0 Å². The summed E-state index contributed by atoms with van der Waals surface area (Å²) in [5, 5.41) is 2.76. The first-order valence-electron chi connectivity index (χ1n) is 11.6. The van der Waals surface area contributed by atoms with E-state index in [0.29, 0.717) is 55.4 Å². The number of nitrogens with zero attached hydrogens (tertiary/aromatic N) is 3. The van der Waals surface area contributed by atoms with Gasteiger partial charge in [-0.15, -0.1) is 0 Å². The molecule has 0 saturated carbocycles. The lowest BCUT2D eigenvalue weighted by atomic mass is 10.1. The number of hydrogen-bond acceptors (Lipinski definition) is 8. The van der Waals surface area contributed by atoms with E-state index in [2.05, 4.69) is 15.2 Å². The predicted octanol–water partition coefficient (Wildman–Crippen LogP) is 2.13. The van der Waals surface area contributed by atoms with Crippen LogP contribution in [0.3, 0.4) is 0 Å². The van der Waals surface area contributed by atoms with Gasteiger partial charge in [0.15, 0.2) is 18.1 Å². The number of amides is 2. The van der Waals surface area contributed by atoms with Gasteiger partial charge in [0.2, 0.25) is 0 Å². The van der Waals surface area contributed by atoms with Crippen molar-refractivity contribution in [2.75, 3.05) is 51.4 Å². The minimum atomic E-state index is -0.396. The normalized spacial score (nSPS) is 13.4. The van der Waals surface area contributed by atoms with Crippen molar-refractivity contribution in [3.05, 3.63) is 47.7 Å². The van der Waals surface area contributed by atoms with Crippen LogP contribution < -0.4 is 19.7 Å². The maximum Gasteiger partial charge on any atom is 0.339 e. The molecule has 2 amide bonds. The molecule has 0 aliphatic carbocycles. The van der Waals surface area contributed by atoms with Gasteiger partial charge in [-0.3, -0.25) is 9.59 Å². The minimum absolute atomic E-state index is 0.0215. The van der Waals surface area contributed by atoms with Gasteiger partial charge in [0.05, 0.1) is 19.3 Å². The van der Waals surface area contributed by atoms with Crippen molar-refractivity contribution in [2.45, 2.75) is 26.8 Å². The van der Waals surface area contributed by atoms with Crippen LogP contribution >= 0.6 is 0 Å². The molecule has 2 aromatic rings. The van der Waals surface area contributed by atoms with E-state index in [9.17, 15) is 14.4 Å². The average Bonchev–Trinajstić information content (AvgIpc) is 2.87. The number of carbonyl (C=O) groups is 3. The van der Waals surface area contributed by atoms with Crippen LogP contribution in [0.1, 0.15) is 41.5 Å². The first kappa shape index (κ1) is 25.8. The lowest BCUT2D eigenvalue weighted by molar-refractivity contribution is -0.123. The Hall–Kier alpha value is -3.82. The zero-order chi connectivity index (χ0) is 25.4. The molecule has 3 rings (SSSR count). The molecule has 1 aromatic carbocycles. The summed E-state index contributed by atoms with van der Waals surface area (Å²) in [4.78, 5) is 44.9. The smallest absolute Gasteiger partial charge is 0.339 e. The van der Waals surface area contributed by atoms with Crippen LogP contribution in [0, 0.1) is 0 Å². The van der Waals surface area contributed by atoms with Gasteiger partial charge in [-0.05, 0) is 51.1 Å². The van der Waals surface area contributed by atoms with E-state index in [1.54, 1.807) is 42.2 Å². The van der Waals surface area contributed by atoms with Gasteiger partial charge in [0.1, 0.15) is 5.82 Å². The Labute approximate surface area is 205 Å². The summed E-state index contributed by atoms with van der Waals surface area (Å²) in [5.41, 5.74) is 0.887. The number of nitrogens with one attached hydrogen (secondary N) is 1. The summed E-state index contributed by atoms with van der Waals surface area (Å²) in [6.07, 6.45) is 1.51. The predicted molar refractivity (Wildman–Crippen MR) is 130 cm³/mol. The summed E-state index contributed by atoms with van der Waals surface area (Å²) in [6, 6.07) is 8.44. The Morgan fingerprint density at radius 2 is 1.74 bits per heavy atom. The van der Waals surface area contributed by atoms with E-state index in [4.69, 9.17) is 14.2 Å². The molecule has 0 radical (unpaired) electrons. The number of aromatic nitrogens is 1. The number of pyridine rings is 1. The van der Waals surface area contributed by atoms with E-state index in [-0.39, 0.29) is 24.5 Å². The summed E-state index contributed by atoms with van der Waals surface area (Å²) < 4.78 is 15.9. The van der Waals surface area contributed by atoms with E-state index >= 15 is 0 Å². The van der Waals surface area contributed by atoms with E-state index in [0.717, 1.165) is 5.82 Å². The van der Waals surface area contributed by atoms with E-state index in [1.807, 2.05) is 13.8 Å². The second-order valence-corrected chi connectivity index (χ2v) is 8.28. The van der Waals surface area contributed by atoms with E-state index < -0.39 is 5.97 Å². The number of esters is 1. The number of benzene rings is 1. The van der Waals surface area contributed by atoms with Gasteiger partial charge in [-0.2, -0.15) is 0 Å². The van der Waals surface area contributed by atoms with Gasteiger partial charge in [-0.1, -0.05) is 0 Å². The van der Waals surface area contributed by atoms with Gasteiger partial charge in [0.25, 0.3) is 11.8 Å². The van der Waals surface area contributed by atoms with Crippen LogP contribution in [0.15, 0.2) is 36.5 Å². The molecule has 1 N–H and O–H groups in total. The third-order valence-electron chi connectivity index (χ3n) is 5.37. The molecule has 1 aliphatic heterocycles. The Balaban J connectivity index is 1.57. The van der Waals surface area contributed by atoms with Crippen molar-refractivity contribution in [1.29, 1.82) is 0 Å². The molecule has 1 fully saturated rings. The highest BCUT2D eigenvalue weighted by atomic mass is 16.5. The number of rotatable bonds is 9. The topological polar surface area (TPSA) is 110 Å². The number of hydrogen-bond donors (Lipinski definition) is 1. The molecular weight excluding hydrogens is 452 g/mol. The highest BCUT2D eigenvalue weighted by Gasteiger charge is 2.24. The van der Waals surface area contributed by atoms with Crippen LogP contribution in [0.25, 0.3) is 0 Å². The van der Waals surface area contributed by atoms with E-state index in [1.165, 1.54) is 13.3 Å².